The molecule has 1 aromatic rings. The Labute approximate surface area is 121 Å². The normalized spacial score (nSPS) is 16.6. The largest absolute Gasteiger partial charge is 0.444 e. The average Bonchev–Trinajstić information content (AvgIpc) is 2.88. The first-order valence-electron chi connectivity index (χ1n) is 6.65. The fourth-order valence-electron chi connectivity index (χ4n) is 2.44. The van der Waals surface area contributed by atoms with E-state index in [2.05, 4.69) is 4.74 Å². The van der Waals surface area contributed by atoms with E-state index in [1.165, 1.54) is 0 Å². The van der Waals surface area contributed by atoms with E-state index < -0.39 is 23.6 Å². The fourth-order valence-corrected chi connectivity index (χ4v) is 2.44. The van der Waals surface area contributed by atoms with Crippen molar-refractivity contribution in [2.45, 2.75) is 39.5 Å². The number of nitrogens with zero attached hydrogens (tertiary/aromatic N) is 1. The molecule has 0 saturated carbocycles. The van der Waals surface area contributed by atoms with E-state index in [9.17, 15) is 14.4 Å². The molecule has 0 N–H and O–H groups in total. The Bertz CT molecular complexity index is 628. The van der Waals surface area contributed by atoms with E-state index in [0.29, 0.717) is 13.1 Å². The highest BCUT2D eigenvalue weighted by atomic mass is 16.6. The number of cyclic esters (lactones) is 2. The van der Waals surface area contributed by atoms with Gasteiger partial charge in [-0.05, 0) is 44.0 Å². The van der Waals surface area contributed by atoms with E-state index in [1.807, 2.05) is 0 Å². The molecule has 0 saturated heterocycles. The molecule has 0 spiro atoms. The monoisotopic (exact) mass is 289 g/mol. The van der Waals surface area contributed by atoms with Crippen LogP contribution in [0.15, 0.2) is 12.1 Å². The van der Waals surface area contributed by atoms with Crippen LogP contribution in [-0.4, -0.2) is 28.5 Å². The summed E-state index contributed by atoms with van der Waals surface area (Å²) in [4.78, 5) is 36.7. The molecule has 0 aromatic heterocycles. The summed E-state index contributed by atoms with van der Waals surface area (Å²) in [5.74, 6) is -1.26. The molecule has 1 amide bonds. The van der Waals surface area contributed by atoms with Crippen molar-refractivity contribution in [1.82, 2.24) is 4.90 Å². The van der Waals surface area contributed by atoms with Crippen LogP contribution in [0.25, 0.3) is 0 Å². The van der Waals surface area contributed by atoms with Crippen molar-refractivity contribution in [3.05, 3.63) is 34.4 Å². The van der Waals surface area contributed by atoms with Crippen LogP contribution in [0.1, 0.15) is 52.6 Å². The highest BCUT2D eigenvalue weighted by Crippen LogP contribution is 2.30. The summed E-state index contributed by atoms with van der Waals surface area (Å²) in [7, 11) is 0. The van der Waals surface area contributed by atoms with Crippen LogP contribution in [-0.2, 0) is 22.6 Å². The van der Waals surface area contributed by atoms with E-state index in [4.69, 9.17) is 4.74 Å². The van der Waals surface area contributed by atoms with Crippen molar-refractivity contribution in [2.75, 3.05) is 0 Å². The Kier molecular flexibility index (Phi) is 2.79. The van der Waals surface area contributed by atoms with Gasteiger partial charge in [0.05, 0.1) is 11.1 Å². The molecule has 2 heterocycles. The van der Waals surface area contributed by atoms with Crippen LogP contribution in [0.5, 0.6) is 0 Å². The summed E-state index contributed by atoms with van der Waals surface area (Å²) in [5.41, 5.74) is 1.65. The number of carbonyl (C=O) groups is 3. The summed E-state index contributed by atoms with van der Waals surface area (Å²) in [5, 5.41) is 0. The molecular formula is C15H15NO5. The van der Waals surface area contributed by atoms with Crippen molar-refractivity contribution in [3.63, 3.8) is 0 Å². The van der Waals surface area contributed by atoms with Gasteiger partial charge in [0, 0.05) is 13.1 Å². The lowest BCUT2D eigenvalue weighted by atomic mass is 10.0. The van der Waals surface area contributed by atoms with Crippen molar-refractivity contribution < 1.29 is 23.9 Å². The molecule has 0 unspecified atom stereocenters. The van der Waals surface area contributed by atoms with Gasteiger partial charge in [-0.25, -0.2) is 14.4 Å². The van der Waals surface area contributed by atoms with Gasteiger partial charge in [0.1, 0.15) is 5.60 Å². The smallest absolute Gasteiger partial charge is 0.410 e. The second kappa shape index (κ2) is 4.31. The van der Waals surface area contributed by atoms with Crippen LogP contribution in [0.4, 0.5) is 4.79 Å². The zero-order valence-electron chi connectivity index (χ0n) is 12.1. The molecule has 6 nitrogen and oxygen atoms in total. The van der Waals surface area contributed by atoms with Crippen molar-refractivity contribution >= 4 is 18.0 Å². The Hall–Kier alpha value is -2.37. The number of ether oxygens (including phenoxy) is 2. The first kappa shape index (κ1) is 13.6. The van der Waals surface area contributed by atoms with Gasteiger partial charge in [0.15, 0.2) is 0 Å². The van der Waals surface area contributed by atoms with E-state index in [1.54, 1.807) is 37.8 Å². The van der Waals surface area contributed by atoms with Gasteiger partial charge in [-0.1, -0.05) is 0 Å². The lowest BCUT2D eigenvalue weighted by Crippen LogP contribution is -2.33. The zero-order valence-corrected chi connectivity index (χ0v) is 12.1. The summed E-state index contributed by atoms with van der Waals surface area (Å²) in [6.07, 6.45) is -0.409. The van der Waals surface area contributed by atoms with Crippen LogP contribution < -0.4 is 0 Å². The van der Waals surface area contributed by atoms with Gasteiger partial charge >= 0.3 is 18.0 Å². The zero-order chi connectivity index (χ0) is 15.4. The number of esters is 2. The van der Waals surface area contributed by atoms with Gasteiger partial charge in [-0.2, -0.15) is 0 Å². The molecular weight excluding hydrogens is 274 g/mol. The Morgan fingerprint density at radius 3 is 2.00 bits per heavy atom. The summed E-state index contributed by atoms with van der Waals surface area (Å²) in [6, 6.07) is 3.25. The van der Waals surface area contributed by atoms with Crippen molar-refractivity contribution in [1.29, 1.82) is 0 Å². The summed E-state index contributed by atoms with van der Waals surface area (Å²) < 4.78 is 9.89. The first-order chi connectivity index (χ1) is 9.74. The summed E-state index contributed by atoms with van der Waals surface area (Å²) in [6.45, 7) is 6.13. The maximum absolute atomic E-state index is 12.1. The highest BCUT2D eigenvalue weighted by Gasteiger charge is 2.34. The van der Waals surface area contributed by atoms with Crippen molar-refractivity contribution in [2.24, 2.45) is 0 Å². The number of benzene rings is 1. The van der Waals surface area contributed by atoms with Crippen LogP contribution in [0.3, 0.4) is 0 Å². The molecule has 0 aliphatic carbocycles. The number of fused-ring (bicyclic) bond motifs is 2. The second-order valence-corrected chi connectivity index (χ2v) is 6.18. The number of carbonyl (C=O) groups excluding carboxylic acids is 3. The van der Waals surface area contributed by atoms with Crippen LogP contribution >= 0.6 is 0 Å². The predicted molar refractivity (Wildman–Crippen MR) is 71.7 cm³/mol. The summed E-state index contributed by atoms with van der Waals surface area (Å²) >= 11 is 0. The van der Waals surface area contributed by atoms with E-state index in [0.717, 1.165) is 11.1 Å². The minimum atomic E-state index is -0.631. The molecule has 0 radical (unpaired) electrons. The molecule has 2 aliphatic rings. The van der Waals surface area contributed by atoms with Crippen molar-refractivity contribution in [3.8, 4) is 0 Å². The van der Waals surface area contributed by atoms with Gasteiger partial charge in [-0.3, -0.25) is 4.90 Å². The maximum atomic E-state index is 12.1. The van der Waals surface area contributed by atoms with Gasteiger partial charge in [0.2, 0.25) is 0 Å². The molecule has 6 heteroatoms. The molecule has 2 aliphatic heterocycles. The predicted octanol–water partition coefficient (Wildman–Crippen LogP) is 2.25. The Morgan fingerprint density at radius 2 is 1.57 bits per heavy atom. The van der Waals surface area contributed by atoms with Gasteiger partial charge in [0.25, 0.3) is 0 Å². The fraction of sp³-hybridized carbons (Fsp3) is 0.400. The number of hydrogen-bond acceptors (Lipinski definition) is 5. The third-order valence-corrected chi connectivity index (χ3v) is 3.34. The number of rotatable bonds is 0. The van der Waals surface area contributed by atoms with E-state index >= 15 is 0 Å². The number of amides is 1. The molecule has 0 atom stereocenters. The Balaban J connectivity index is 1.85. The standard InChI is InChI=1S/C15H15NO5/c1-15(2,3)21-14(19)16-6-8-4-10-11(5-9(8)7-16)13(18)20-12(10)17/h4-5H,6-7H2,1-3H3. The van der Waals surface area contributed by atoms with E-state index in [-0.39, 0.29) is 11.1 Å². The SMILES string of the molecule is CC(C)(C)OC(=O)N1Cc2cc3c(cc2C1)C(=O)OC3=O. The molecule has 21 heavy (non-hydrogen) atoms. The van der Waals surface area contributed by atoms with Crippen LogP contribution in [0.2, 0.25) is 0 Å². The minimum absolute atomic E-state index is 0.268. The Morgan fingerprint density at radius 1 is 1.10 bits per heavy atom. The quantitative estimate of drug-likeness (QED) is 0.541. The average molecular weight is 289 g/mol. The first-order valence-corrected chi connectivity index (χ1v) is 6.65. The van der Waals surface area contributed by atoms with Gasteiger partial charge in [-0.15, -0.1) is 0 Å². The topological polar surface area (TPSA) is 72.9 Å². The maximum Gasteiger partial charge on any atom is 0.410 e. The van der Waals surface area contributed by atoms with Gasteiger partial charge < -0.3 is 9.47 Å². The molecule has 0 bridgehead atoms. The number of hydrogen-bond donors (Lipinski definition) is 0. The van der Waals surface area contributed by atoms with Crippen LogP contribution in [0, 0.1) is 0 Å². The molecule has 0 fully saturated rings. The lowest BCUT2D eigenvalue weighted by molar-refractivity contribution is 0.0241. The molecule has 3 rings (SSSR count). The molecule has 1 aromatic carbocycles. The third-order valence-electron chi connectivity index (χ3n) is 3.34. The third kappa shape index (κ3) is 2.37. The second-order valence-electron chi connectivity index (χ2n) is 6.18. The lowest BCUT2D eigenvalue weighted by Gasteiger charge is -2.24. The highest BCUT2D eigenvalue weighted by molar-refractivity contribution is 6.14. The minimum Gasteiger partial charge on any atom is -0.444 e. The molecule has 110 valence electrons.